The molecular weight excluding hydrogens is 463 g/mol. The lowest BCUT2D eigenvalue weighted by molar-refractivity contribution is -0.139. The smallest absolute Gasteiger partial charge is 0.418 e. The molecule has 1 aliphatic heterocycles. The zero-order chi connectivity index (χ0) is 25.5. The van der Waals surface area contributed by atoms with Crippen molar-refractivity contribution in [2.24, 2.45) is 11.8 Å². The normalized spacial score (nSPS) is 19.6. The average Bonchev–Trinajstić information content (AvgIpc) is 2.77. The Morgan fingerprint density at radius 2 is 1.89 bits per heavy atom. The summed E-state index contributed by atoms with van der Waals surface area (Å²) in [5.74, 6) is 0.876. The molecule has 0 aliphatic carbocycles. The van der Waals surface area contributed by atoms with Crippen LogP contribution in [0.15, 0.2) is 29.2 Å². The molecule has 3 unspecified atom stereocenters. The highest BCUT2D eigenvalue weighted by molar-refractivity contribution is 5.94. The van der Waals surface area contributed by atoms with E-state index in [9.17, 15) is 22.8 Å². The molecular formula is C24H26F3N5O3. The summed E-state index contributed by atoms with van der Waals surface area (Å²) in [6.45, 7) is 8.40. The van der Waals surface area contributed by atoms with Crippen LogP contribution in [-0.4, -0.2) is 43.8 Å². The van der Waals surface area contributed by atoms with E-state index in [1.807, 2.05) is 0 Å². The van der Waals surface area contributed by atoms with Gasteiger partial charge in [0.25, 0.3) is 11.5 Å². The number of alkyl halides is 3. The molecule has 8 nitrogen and oxygen atoms in total. The summed E-state index contributed by atoms with van der Waals surface area (Å²) in [7, 11) is 0. The van der Waals surface area contributed by atoms with Crippen molar-refractivity contribution in [1.29, 1.82) is 0 Å². The molecule has 4 heterocycles. The van der Waals surface area contributed by atoms with Gasteiger partial charge in [-0.3, -0.25) is 9.59 Å². The van der Waals surface area contributed by atoms with Crippen LogP contribution in [0.25, 0.3) is 11.0 Å². The number of ether oxygens (including phenoxy) is 1. The molecule has 4 rings (SSSR count). The second-order valence-corrected chi connectivity index (χ2v) is 9.24. The summed E-state index contributed by atoms with van der Waals surface area (Å²) in [5, 5.41) is 0. The summed E-state index contributed by atoms with van der Waals surface area (Å²) in [5.41, 5.74) is -2.14. The van der Waals surface area contributed by atoms with E-state index >= 15 is 0 Å². The number of aryl methyl sites for hydroxylation is 1. The highest BCUT2D eigenvalue weighted by Crippen LogP contribution is 2.36. The Labute approximate surface area is 199 Å². The van der Waals surface area contributed by atoms with Crippen LogP contribution in [0.5, 0.6) is 5.88 Å². The van der Waals surface area contributed by atoms with Gasteiger partial charge in [0.1, 0.15) is 11.9 Å². The number of hydrogen-bond acceptors (Lipinski definition) is 6. The van der Waals surface area contributed by atoms with Gasteiger partial charge in [-0.2, -0.15) is 13.2 Å². The lowest BCUT2D eigenvalue weighted by atomic mass is 9.91. The van der Waals surface area contributed by atoms with Crippen molar-refractivity contribution in [3.63, 3.8) is 0 Å². The quantitative estimate of drug-likeness (QED) is 0.587. The van der Waals surface area contributed by atoms with Gasteiger partial charge in [-0.25, -0.2) is 15.0 Å². The van der Waals surface area contributed by atoms with E-state index in [1.54, 1.807) is 4.90 Å². The Bertz CT molecular complexity index is 1300. The molecule has 3 atom stereocenters. The molecule has 35 heavy (non-hydrogen) atoms. The number of carbonyl (C=O) groups is 1. The molecule has 1 amide bonds. The lowest BCUT2D eigenvalue weighted by Crippen LogP contribution is -2.42. The minimum absolute atomic E-state index is 0.0281. The molecule has 3 aromatic rings. The number of nitrogens with one attached hydrogen (secondary N) is 1. The monoisotopic (exact) mass is 489 g/mol. The van der Waals surface area contributed by atoms with E-state index in [-0.39, 0.29) is 28.6 Å². The Morgan fingerprint density at radius 1 is 1.20 bits per heavy atom. The number of hydrogen-bond donors (Lipinski definition) is 1. The van der Waals surface area contributed by atoms with Crippen molar-refractivity contribution in [2.45, 2.75) is 46.4 Å². The summed E-state index contributed by atoms with van der Waals surface area (Å²) < 4.78 is 47.0. The fourth-order valence-corrected chi connectivity index (χ4v) is 4.56. The molecule has 3 aromatic heterocycles. The second-order valence-electron chi connectivity index (χ2n) is 9.24. The first-order valence-corrected chi connectivity index (χ1v) is 11.3. The second kappa shape index (κ2) is 9.27. The zero-order valence-corrected chi connectivity index (χ0v) is 19.8. The number of H-pyrrole nitrogens is 1. The molecule has 11 heteroatoms. The van der Waals surface area contributed by atoms with Gasteiger partial charge in [0.2, 0.25) is 5.88 Å². The highest BCUT2D eigenvalue weighted by atomic mass is 19.4. The fourth-order valence-electron chi connectivity index (χ4n) is 4.56. The Morgan fingerprint density at radius 3 is 2.49 bits per heavy atom. The summed E-state index contributed by atoms with van der Waals surface area (Å²) in [6.07, 6.45) is -3.51. The van der Waals surface area contributed by atoms with Gasteiger partial charge in [0.05, 0.1) is 22.3 Å². The molecule has 1 N–H and O–H groups in total. The van der Waals surface area contributed by atoms with Gasteiger partial charge < -0.3 is 14.6 Å². The third-order valence-corrected chi connectivity index (χ3v) is 5.96. The minimum atomic E-state index is -4.74. The molecule has 0 radical (unpaired) electrons. The van der Waals surface area contributed by atoms with Crippen molar-refractivity contribution in [2.75, 3.05) is 13.1 Å². The van der Waals surface area contributed by atoms with Crippen LogP contribution >= 0.6 is 0 Å². The maximum Gasteiger partial charge on any atom is 0.418 e. The Balaban J connectivity index is 1.59. The number of fused-ring (bicyclic) bond motifs is 1. The van der Waals surface area contributed by atoms with Gasteiger partial charge in [-0.1, -0.05) is 13.8 Å². The number of pyridine rings is 2. The van der Waals surface area contributed by atoms with Crippen LogP contribution in [0.3, 0.4) is 0 Å². The fraction of sp³-hybridized carbons (Fsp3) is 0.458. The largest absolute Gasteiger partial charge is 0.468 e. The molecule has 0 aromatic carbocycles. The topological polar surface area (TPSA) is 101 Å². The standard InChI is InChI=1S/C24H26F3N5O3/c1-12-7-13(2)11-32(10-12)23(34)16-5-6-19(28-9-16)35-14(3)20-17(24(25,26)27)8-18-21(31-20)22(33)30-15(4)29-18/h5-6,8-9,12-14H,7,10-11H2,1-4H3,(H,29,30,33). The zero-order valence-electron chi connectivity index (χ0n) is 19.8. The van der Waals surface area contributed by atoms with E-state index in [0.717, 1.165) is 12.5 Å². The highest BCUT2D eigenvalue weighted by Gasteiger charge is 2.37. The van der Waals surface area contributed by atoms with Crippen LogP contribution in [0.2, 0.25) is 0 Å². The maximum absolute atomic E-state index is 13.8. The number of rotatable bonds is 4. The maximum atomic E-state index is 13.8. The molecule has 0 bridgehead atoms. The predicted molar refractivity (Wildman–Crippen MR) is 122 cm³/mol. The van der Waals surface area contributed by atoms with E-state index in [4.69, 9.17) is 4.74 Å². The van der Waals surface area contributed by atoms with Gasteiger partial charge >= 0.3 is 6.18 Å². The molecule has 1 fully saturated rings. The number of aromatic nitrogens is 4. The van der Waals surface area contributed by atoms with Crippen molar-refractivity contribution in [3.8, 4) is 5.88 Å². The van der Waals surface area contributed by atoms with Gasteiger partial charge in [-0.05, 0) is 44.2 Å². The van der Waals surface area contributed by atoms with Crippen molar-refractivity contribution in [3.05, 3.63) is 57.4 Å². The molecule has 1 saturated heterocycles. The third kappa shape index (κ3) is 5.28. The van der Waals surface area contributed by atoms with E-state index in [0.29, 0.717) is 30.5 Å². The lowest BCUT2D eigenvalue weighted by Gasteiger charge is -2.35. The van der Waals surface area contributed by atoms with Crippen molar-refractivity contribution in [1.82, 2.24) is 24.8 Å². The van der Waals surface area contributed by atoms with Crippen LogP contribution in [0.4, 0.5) is 13.2 Å². The Hall–Kier alpha value is -3.50. The van der Waals surface area contributed by atoms with Gasteiger partial charge in [-0.15, -0.1) is 0 Å². The number of halogens is 3. The molecule has 1 aliphatic rings. The van der Waals surface area contributed by atoms with Crippen LogP contribution < -0.4 is 10.3 Å². The first-order chi connectivity index (χ1) is 16.4. The SMILES string of the molecule is Cc1nc2cc(C(F)(F)F)c(C(C)Oc3ccc(C(=O)N4CC(C)CC(C)C4)cn3)nc2c(=O)[nH]1. The predicted octanol–water partition coefficient (Wildman–Crippen LogP) is 4.30. The molecule has 0 saturated carbocycles. The molecule has 186 valence electrons. The number of likely N-dealkylation sites (tertiary alicyclic amines) is 1. The summed E-state index contributed by atoms with van der Waals surface area (Å²) >= 11 is 0. The van der Waals surface area contributed by atoms with Crippen LogP contribution in [-0.2, 0) is 6.18 Å². The number of aromatic amines is 1. The number of nitrogens with zero attached hydrogens (tertiary/aromatic N) is 4. The van der Waals surface area contributed by atoms with Gasteiger partial charge in [0, 0.05) is 25.4 Å². The van der Waals surface area contributed by atoms with Crippen LogP contribution in [0, 0.1) is 18.8 Å². The van der Waals surface area contributed by atoms with E-state index in [1.165, 1.54) is 32.2 Å². The first kappa shape index (κ1) is 24.6. The number of piperidine rings is 1. The van der Waals surface area contributed by atoms with Gasteiger partial charge in [0.15, 0.2) is 5.52 Å². The van der Waals surface area contributed by atoms with Crippen LogP contribution in [0.1, 0.15) is 60.7 Å². The average molecular weight is 489 g/mol. The number of amides is 1. The van der Waals surface area contributed by atoms with E-state index in [2.05, 4.69) is 33.8 Å². The number of carbonyl (C=O) groups excluding carboxylic acids is 1. The van der Waals surface area contributed by atoms with Crippen molar-refractivity contribution >= 4 is 16.9 Å². The Kier molecular flexibility index (Phi) is 6.52. The molecule has 0 spiro atoms. The minimum Gasteiger partial charge on any atom is -0.468 e. The third-order valence-electron chi connectivity index (χ3n) is 5.96. The summed E-state index contributed by atoms with van der Waals surface area (Å²) in [6, 6.07) is 3.78. The summed E-state index contributed by atoms with van der Waals surface area (Å²) in [4.78, 5) is 41.4. The van der Waals surface area contributed by atoms with Crippen molar-refractivity contribution < 1.29 is 22.7 Å². The van der Waals surface area contributed by atoms with E-state index < -0.39 is 29.1 Å². The first-order valence-electron chi connectivity index (χ1n) is 11.3.